The molecule has 1 aliphatic rings. The molecule has 2 heterocycles. The van der Waals surface area contributed by atoms with Crippen molar-refractivity contribution in [1.29, 1.82) is 0 Å². The number of hydrogen-bond donors (Lipinski definition) is 2. The maximum Gasteiger partial charge on any atom is 0.224 e. The molecule has 0 aliphatic heterocycles. The minimum Gasteiger partial charge on any atom is -0.376 e. The van der Waals surface area contributed by atoms with Crippen molar-refractivity contribution in [1.82, 2.24) is 19.9 Å². The Morgan fingerprint density at radius 2 is 1.91 bits per heavy atom. The zero-order valence-electron chi connectivity index (χ0n) is 19.5. The van der Waals surface area contributed by atoms with Crippen LogP contribution in [0.1, 0.15) is 38.2 Å². The lowest BCUT2D eigenvalue weighted by Gasteiger charge is -2.29. The molecule has 34 heavy (non-hydrogen) atoms. The summed E-state index contributed by atoms with van der Waals surface area (Å²) in [4.78, 5) is 20.4. The van der Waals surface area contributed by atoms with Crippen molar-refractivity contribution in [2.45, 2.75) is 51.3 Å². The third kappa shape index (κ3) is 6.32. The number of rotatable bonds is 9. The zero-order chi connectivity index (χ0) is 24.1. The van der Waals surface area contributed by atoms with Crippen molar-refractivity contribution >= 4 is 32.6 Å². The first-order valence-electron chi connectivity index (χ1n) is 11.5. The van der Waals surface area contributed by atoms with E-state index < -0.39 is 9.84 Å². The fourth-order valence-corrected chi connectivity index (χ4v) is 4.78. The van der Waals surface area contributed by atoms with Gasteiger partial charge in [-0.05, 0) is 49.4 Å². The molecule has 0 saturated heterocycles. The normalized spacial score (nSPS) is 18.6. The van der Waals surface area contributed by atoms with Crippen LogP contribution in [-0.4, -0.2) is 59.6 Å². The monoisotopic (exact) mass is 485 g/mol. The summed E-state index contributed by atoms with van der Waals surface area (Å²) in [7, 11) is -3.04. The third-order valence-corrected chi connectivity index (χ3v) is 6.94. The Morgan fingerprint density at radius 1 is 1.15 bits per heavy atom. The van der Waals surface area contributed by atoms with Crippen LogP contribution in [0.5, 0.6) is 0 Å². The number of nitrogens with one attached hydrogen (secondary N) is 2. The van der Waals surface area contributed by atoms with E-state index >= 15 is 0 Å². The number of benzene rings is 1. The molecular weight excluding hydrogens is 454 g/mol. The van der Waals surface area contributed by atoms with E-state index in [2.05, 4.69) is 15.6 Å². The van der Waals surface area contributed by atoms with Crippen LogP contribution >= 0.6 is 0 Å². The van der Waals surface area contributed by atoms with Gasteiger partial charge in [-0.25, -0.2) is 13.4 Å². The van der Waals surface area contributed by atoms with E-state index in [4.69, 9.17) is 9.72 Å². The van der Waals surface area contributed by atoms with E-state index in [-0.39, 0.29) is 30.4 Å². The van der Waals surface area contributed by atoms with Gasteiger partial charge in [-0.1, -0.05) is 12.1 Å². The SMILES string of the molecule is CC(=O)NC1CCC(Nc2nccc(-n3ccc4c(COCCS(C)(=O)=O)cccc43)n2)CC1. The molecule has 0 radical (unpaired) electrons. The van der Waals surface area contributed by atoms with Crippen LogP contribution in [-0.2, 0) is 26.0 Å². The van der Waals surface area contributed by atoms with Gasteiger partial charge in [0, 0.05) is 43.0 Å². The molecule has 1 aliphatic carbocycles. The van der Waals surface area contributed by atoms with Crippen molar-refractivity contribution in [3.8, 4) is 5.82 Å². The van der Waals surface area contributed by atoms with Gasteiger partial charge in [0.05, 0.1) is 24.5 Å². The highest BCUT2D eigenvalue weighted by atomic mass is 32.2. The lowest BCUT2D eigenvalue weighted by atomic mass is 9.91. The molecule has 1 amide bonds. The van der Waals surface area contributed by atoms with Crippen LogP contribution in [0, 0.1) is 0 Å². The van der Waals surface area contributed by atoms with Crippen molar-refractivity contribution in [3.05, 3.63) is 48.3 Å². The first kappa shape index (κ1) is 24.2. The maximum absolute atomic E-state index is 11.3. The summed E-state index contributed by atoms with van der Waals surface area (Å²) in [5.41, 5.74) is 1.98. The Kier molecular flexibility index (Phi) is 7.47. The molecule has 3 aromatic rings. The smallest absolute Gasteiger partial charge is 0.224 e. The van der Waals surface area contributed by atoms with Gasteiger partial charge in [0.1, 0.15) is 15.7 Å². The van der Waals surface area contributed by atoms with E-state index in [0.717, 1.165) is 48.0 Å². The second kappa shape index (κ2) is 10.5. The van der Waals surface area contributed by atoms with E-state index in [1.807, 2.05) is 41.1 Å². The van der Waals surface area contributed by atoms with E-state index in [9.17, 15) is 13.2 Å². The summed E-state index contributed by atoms with van der Waals surface area (Å²) in [6.07, 6.45) is 8.70. The number of aromatic nitrogens is 3. The molecule has 0 spiro atoms. The fraction of sp³-hybridized carbons (Fsp3) is 0.458. The number of carbonyl (C=O) groups excluding carboxylic acids is 1. The van der Waals surface area contributed by atoms with Gasteiger partial charge in [0.15, 0.2) is 0 Å². The van der Waals surface area contributed by atoms with Crippen molar-refractivity contribution < 1.29 is 17.9 Å². The second-order valence-electron chi connectivity index (χ2n) is 8.85. The topological polar surface area (TPSA) is 115 Å². The second-order valence-corrected chi connectivity index (χ2v) is 11.1. The molecule has 1 fully saturated rings. The molecule has 2 N–H and O–H groups in total. The zero-order valence-corrected chi connectivity index (χ0v) is 20.3. The Morgan fingerprint density at radius 3 is 2.65 bits per heavy atom. The molecule has 182 valence electrons. The first-order chi connectivity index (χ1) is 16.3. The molecule has 1 saturated carbocycles. The van der Waals surface area contributed by atoms with E-state index in [1.54, 1.807) is 13.1 Å². The van der Waals surface area contributed by atoms with Gasteiger partial charge < -0.3 is 19.9 Å². The minimum absolute atomic E-state index is 0.00951. The summed E-state index contributed by atoms with van der Waals surface area (Å²) < 4.78 is 30.2. The largest absolute Gasteiger partial charge is 0.376 e. The average Bonchev–Trinajstić information content (AvgIpc) is 3.22. The predicted molar refractivity (Wildman–Crippen MR) is 132 cm³/mol. The predicted octanol–water partition coefficient (Wildman–Crippen LogP) is 2.84. The van der Waals surface area contributed by atoms with Gasteiger partial charge in [-0.3, -0.25) is 4.79 Å². The molecular formula is C24H31N5O4S. The van der Waals surface area contributed by atoms with Crippen molar-refractivity contribution in [3.63, 3.8) is 0 Å². The lowest BCUT2D eigenvalue weighted by Crippen LogP contribution is -2.39. The Balaban J connectivity index is 1.43. The highest BCUT2D eigenvalue weighted by molar-refractivity contribution is 7.90. The molecule has 0 bridgehead atoms. The Bertz CT molecular complexity index is 1250. The number of fused-ring (bicyclic) bond motifs is 1. The van der Waals surface area contributed by atoms with E-state index in [1.165, 1.54) is 6.26 Å². The summed E-state index contributed by atoms with van der Waals surface area (Å²) >= 11 is 0. The van der Waals surface area contributed by atoms with Crippen molar-refractivity contribution in [2.24, 2.45) is 0 Å². The number of hydrogen-bond acceptors (Lipinski definition) is 7. The van der Waals surface area contributed by atoms with Gasteiger partial charge in [0.25, 0.3) is 0 Å². The summed E-state index contributed by atoms with van der Waals surface area (Å²) in [6.45, 7) is 2.07. The van der Waals surface area contributed by atoms with Crippen LogP contribution in [0.15, 0.2) is 42.7 Å². The Hall–Kier alpha value is -2.98. The molecule has 0 unspecified atom stereocenters. The van der Waals surface area contributed by atoms with Gasteiger partial charge in [-0.2, -0.15) is 4.98 Å². The number of ether oxygens (including phenoxy) is 1. The molecule has 2 aromatic heterocycles. The molecule has 10 heteroatoms. The summed E-state index contributed by atoms with van der Waals surface area (Å²) in [5.74, 6) is 1.38. The standard InChI is InChI=1S/C24H31N5O4S/c1-17(30)26-19-6-8-20(9-7-19)27-24-25-12-10-23(28-24)29-13-11-21-18(4-3-5-22(21)29)16-33-14-15-34(2,31)32/h3-5,10-13,19-20H,6-9,14-16H2,1-2H3,(H,26,30)(H,25,27,28). The minimum atomic E-state index is -3.04. The van der Waals surface area contributed by atoms with Gasteiger partial charge >= 0.3 is 0 Å². The quantitative estimate of drug-likeness (QED) is 0.448. The summed E-state index contributed by atoms with van der Waals surface area (Å²) in [5, 5.41) is 7.48. The molecule has 9 nitrogen and oxygen atoms in total. The lowest BCUT2D eigenvalue weighted by molar-refractivity contribution is -0.119. The maximum atomic E-state index is 11.3. The highest BCUT2D eigenvalue weighted by Crippen LogP contribution is 2.25. The molecule has 1 aromatic carbocycles. The van der Waals surface area contributed by atoms with Crippen LogP contribution in [0.4, 0.5) is 5.95 Å². The van der Waals surface area contributed by atoms with Crippen molar-refractivity contribution in [2.75, 3.05) is 23.9 Å². The van der Waals surface area contributed by atoms with Crippen LogP contribution < -0.4 is 10.6 Å². The first-order valence-corrected chi connectivity index (χ1v) is 13.6. The number of carbonyl (C=O) groups is 1. The number of amides is 1. The molecule has 4 rings (SSSR count). The number of anilines is 1. The average molecular weight is 486 g/mol. The summed E-state index contributed by atoms with van der Waals surface area (Å²) in [6, 6.07) is 10.4. The van der Waals surface area contributed by atoms with Gasteiger partial charge in [-0.15, -0.1) is 0 Å². The highest BCUT2D eigenvalue weighted by Gasteiger charge is 2.22. The molecule has 0 atom stereocenters. The number of sulfone groups is 1. The third-order valence-electron chi connectivity index (χ3n) is 6.03. The van der Waals surface area contributed by atoms with Gasteiger partial charge in [0.2, 0.25) is 11.9 Å². The van der Waals surface area contributed by atoms with Crippen LogP contribution in [0.2, 0.25) is 0 Å². The van der Waals surface area contributed by atoms with Crippen LogP contribution in [0.3, 0.4) is 0 Å². The van der Waals surface area contributed by atoms with E-state index in [0.29, 0.717) is 12.6 Å². The fourth-order valence-electron chi connectivity index (χ4n) is 4.35. The van der Waals surface area contributed by atoms with Crippen LogP contribution in [0.25, 0.3) is 16.7 Å². The number of nitrogens with zero attached hydrogens (tertiary/aromatic N) is 3. The Labute approximate surface area is 199 Å².